The van der Waals surface area contributed by atoms with Crippen molar-refractivity contribution < 1.29 is 13.2 Å². The highest BCUT2D eigenvalue weighted by Gasteiger charge is 2.24. The number of anilines is 1. The number of aryl methyl sites for hydroxylation is 1. The number of hydrogen-bond donors (Lipinski definition) is 1. The second-order valence-electron chi connectivity index (χ2n) is 6.01. The lowest BCUT2D eigenvalue weighted by Gasteiger charge is -2.27. The molecule has 0 radical (unpaired) electrons. The Bertz CT molecular complexity index is 887. The largest absolute Gasteiger partial charge is 0.339 e. The van der Waals surface area contributed by atoms with Crippen LogP contribution in [0, 0.1) is 6.92 Å². The van der Waals surface area contributed by atoms with Crippen LogP contribution in [0.15, 0.2) is 34.5 Å². The fourth-order valence-corrected chi connectivity index (χ4v) is 5.33. The number of carbonyl (C=O) groups excluding carboxylic acids is 1. The lowest BCUT2D eigenvalue weighted by molar-refractivity contribution is 0.0725. The van der Waals surface area contributed by atoms with Crippen LogP contribution in [0.3, 0.4) is 0 Å². The monoisotopic (exact) mass is 398 g/mol. The van der Waals surface area contributed by atoms with Gasteiger partial charge in [0.05, 0.1) is 11.3 Å². The smallest absolute Gasteiger partial charge is 0.271 e. The average Bonchev–Trinajstić information content (AvgIpc) is 3.02. The first-order valence-corrected chi connectivity index (χ1v) is 10.7. The molecule has 8 heteroatoms. The molecule has 1 aliphatic rings. The van der Waals surface area contributed by atoms with Crippen LogP contribution in [-0.2, 0) is 10.0 Å². The summed E-state index contributed by atoms with van der Waals surface area (Å²) in [6.45, 7) is 3.23. The third-order valence-electron chi connectivity index (χ3n) is 4.08. The van der Waals surface area contributed by atoms with Gasteiger partial charge < -0.3 is 4.90 Å². The van der Waals surface area contributed by atoms with E-state index in [1.54, 1.807) is 29.2 Å². The number of piperidine rings is 1. The second kappa shape index (κ2) is 7.35. The third-order valence-corrected chi connectivity index (χ3v) is 7.17. The van der Waals surface area contributed by atoms with Gasteiger partial charge in [0.2, 0.25) is 0 Å². The number of sulfonamides is 1. The van der Waals surface area contributed by atoms with Gasteiger partial charge in [-0.15, -0.1) is 11.3 Å². The highest BCUT2D eigenvalue weighted by atomic mass is 35.5. The topological polar surface area (TPSA) is 66.5 Å². The van der Waals surface area contributed by atoms with Crippen molar-refractivity contribution in [1.29, 1.82) is 0 Å². The number of amides is 1. The number of thiophene rings is 1. The van der Waals surface area contributed by atoms with Gasteiger partial charge in [-0.1, -0.05) is 11.6 Å². The lowest BCUT2D eigenvalue weighted by Crippen LogP contribution is -2.36. The van der Waals surface area contributed by atoms with Crippen molar-refractivity contribution in [3.05, 3.63) is 45.8 Å². The zero-order valence-electron chi connectivity index (χ0n) is 13.8. The number of halogens is 1. The Morgan fingerprint density at radius 2 is 1.88 bits per heavy atom. The predicted molar refractivity (Wildman–Crippen MR) is 101 cm³/mol. The molecule has 0 saturated carbocycles. The first kappa shape index (κ1) is 18.2. The summed E-state index contributed by atoms with van der Waals surface area (Å²) < 4.78 is 28.0. The van der Waals surface area contributed by atoms with Crippen LogP contribution in [0.2, 0.25) is 5.02 Å². The summed E-state index contributed by atoms with van der Waals surface area (Å²) in [5.74, 6) is -0.170. The van der Waals surface area contributed by atoms with Gasteiger partial charge in [-0.3, -0.25) is 9.52 Å². The van der Waals surface area contributed by atoms with E-state index in [2.05, 4.69) is 4.72 Å². The maximum Gasteiger partial charge on any atom is 0.271 e. The van der Waals surface area contributed by atoms with Crippen LogP contribution < -0.4 is 4.72 Å². The van der Waals surface area contributed by atoms with Gasteiger partial charge in [0.15, 0.2) is 0 Å². The molecule has 0 spiro atoms. The molecule has 1 amide bonds. The molecule has 0 atom stereocenters. The van der Waals surface area contributed by atoms with Crippen molar-refractivity contribution in [3.8, 4) is 0 Å². The third kappa shape index (κ3) is 4.16. The molecule has 2 heterocycles. The molecule has 5 nitrogen and oxygen atoms in total. The highest BCUT2D eigenvalue weighted by Crippen LogP contribution is 2.28. The number of benzene rings is 1. The Kier molecular flexibility index (Phi) is 5.36. The van der Waals surface area contributed by atoms with Gasteiger partial charge in [-0.2, -0.15) is 0 Å². The zero-order valence-corrected chi connectivity index (χ0v) is 16.2. The Balaban J connectivity index is 1.93. The highest BCUT2D eigenvalue weighted by molar-refractivity contribution is 7.94. The number of likely N-dealkylation sites (tertiary alicyclic amines) is 1. The first-order valence-electron chi connectivity index (χ1n) is 8.05. The van der Waals surface area contributed by atoms with Crippen LogP contribution in [0.25, 0.3) is 0 Å². The molecule has 0 aliphatic carbocycles. The van der Waals surface area contributed by atoms with E-state index in [1.807, 2.05) is 6.92 Å². The van der Waals surface area contributed by atoms with Gasteiger partial charge in [-0.05, 0) is 56.5 Å². The average molecular weight is 399 g/mol. The molecule has 1 fully saturated rings. The van der Waals surface area contributed by atoms with Gasteiger partial charge in [0.1, 0.15) is 4.21 Å². The van der Waals surface area contributed by atoms with Crippen molar-refractivity contribution in [2.75, 3.05) is 17.8 Å². The summed E-state index contributed by atoms with van der Waals surface area (Å²) in [4.78, 5) is 15.5. The standard InChI is InChI=1S/C17H19ClN2O3S2/c1-12-5-8-16(24-12)25(22,23)19-15-11-13(18)6-7-14(15)17(21)20-9-3-2-4-10-20/h5-8,11,19H,2-4,9-10H2,1H3. The van der Waals surface area contributed by atoms with E-state index in [-0.39, 0.29) is 15.8 Å². The fraction of sp³-hybridized carbons (Fsp3) is 0.353. The maximum atomic E-state index is 12.8. The molecule has 1 N–H and O–H groups in total. The van der Waals surface area contributed by atoms with Crippen molar-refractivity contribution in [2.45, 2.75) is 30.4 Å². The molecular weight excluding hydrogens is 380 g/mol. The summed E-state index contributed by atoms with van der Waals surface area (Å²) >= 11 is 7.21. The Morgan fingerprint density at radius 1 is 1.16 bits per heavy atom. The fourth-order valence-electron chi connectivity index (χ4n) is 2.81. The molecule has 3 rings (SSSR count). The minimum atomic E-state index is -3.76. The number of nitrogens with zero attached hydrogens (tertiary/aromatic N) is 1. The lowest BCUT2D eigenvalue weighted by atomic mass is 10.1. The van der Waals surface area contributed by atoms with Crippen molar-refractivity contribution >= 4 is 44.6 Å². The van der Waals surface area contributed by atoms with Gasteiger partial charge in [0.25, 0.3) is 15.9 Å². The number of rotatable bonds is 4. The van der Waals surface area contributed by atoms with E-state index in [0.29, 0.717) is 23.7 Å². The molecule has 1 aromatic carbocycles. The molecule has 25 heavy (non-hydrogen) atoms. The maximum absolute atomic E-state index is 12.8. The quantitative estimate of drug-likeness (QED) is 0.841. The van der Waals surface area contributed by atoms with E-state index in [4.69, 9.17) is 11.6 Å². The van der Waals surface area contributed by atoms with Gasteiger partial charge in [0, 0.05) is 23.0 Å². The van der Waals surface area contributed by atoms with Gasteiger partial charge >= 0.3 is 0 Å². The molecule has 0 unspecified atom stereocenters. The van der Waals surface area contributed by atoms with Crippen LogP contribution in [-0.4, -0.2) is 32.3 Å². The van der Waals surface area contributed by atoms with Crippen LogP contribution in [0.5, 0.6) is 0 Å². The van der Waals surface area contributed by atoms with Crippen LogP contribution in [0.1, 0.15) is 34.5 Å². The minimum absolute atomic E-state index is 0.170. The molecule has 2 aromatic rings. The van der Waals surface area contributed by atoms with E-state index >= 15 is 0 Å². The zero-order chi connectivity index (χ0) is 18.0. The van der Waals surface area contributed by atoms with E-state index < -0.39 is 10.0 Å². The van der Waals surface area contributed by atoms with Crippen molar-refractivity contribution in [2.24, 2.45) is 0 Å². The van der Waals surface area contributed by atoms with E-state index in [9.17, 15) is 13.2 Å². The number of carbonyl (C=O) groups is 1. The van der Waals surface area contributed by atoms with Gasteiger partial charge in [-0.25, -0.2) is 8.42 Å². The van der Waals surface area contributed by atoms with Crippen molar-refractivity contribution in [1.82, 2.24) is 4.90 Å². The molecule has 134 valence electrons. The molecule has 1 saturated heterocycles. The number of hydrogen-bond acceptors (Lipinski definition) is 4. The summed E-state index contributed by atoms with van der Waals surface area (Å²) in [5.41, 5.74) is 0.539. The van der Waals surface area contributed by atoms with E-state index in [0.717, 1.165) is 24.1 Å². The summed E-state index contributed by atoms with van der Waals surface area (Å²) in [6, 6.07) is 7.97. The summed E-state index contributed by atoms with van der Waals surface area (Å²) in [5, 5.41) is 0.371. The van der Waals surface area contributed by atoms with E-state index in [1.165, 1.54) is 17.4 Å². The molecule has 1 aliphatic heterocycles. The summed E-state index contributed by atoms with van der Waals surface area (Å²) in [7, 11) is -3.76. The molecule has 0 bridgehead atoms. The Hall–Kier alpha value is -1.57. The summed E-state index contributed by atoms with van der Waals surface area (Å²) in [6.07, 6.45) is 3.05. The predicted octanol–water partition coefficient (Wildman–Crippen LogP) is 4.14. The first-order chi connectivity index (χ1) is 11.9. The minimum Gasteiger partial charge on any atom is -0.339 e. The molecule has 1 aromatic heterocycles. The van der Waals surface area contributed by atoms with Crippen LogP contribution >= 0.6 is 22.9 Å². The van der Waals surface area contributed by atoms with Crippen LogP contribution in [0.4, 0.5) is 5.69 Å². The van der Waals surface area contributed by atoms with Crippen molar-refractivity contribution in [3.63, 3.8) is 0 Å². The second-order valence-corrected chi connectivity index (χ2v) is 9.65. The Labute approximate surface area is 156 Å². The molecular formula is C17H19ClN2O3S2. The number of nitrogens with one attached hydrogen (secondary N) is 1. The SMILES string of the molecule is Cc1ccc(S(=O)(=O)Nc2cc(Cl)ccc2C(=O)N2CCCCC2)s1. The normalized spacial score (nSPS) is 15.2. The Morgan fingerprint density at radius 3 is 2.52 bits per heavy atom.